The lowest BCUT2D eigenvalue weighted by Crippen LogP contribution is -1.98. The fourth-order valence-electron chi connectivity index (χ4n) is 2.40. The quantitative estimate of drug-likeness (QED) is 0.563. The van der Waals surface area contributed by atoms with Gasteiger partial charge in [-0.1, -0.05) is 17.7 Å². The number of hydrogen-bond donors (Lipinski definition) is 0. The van der Waals surface area contributed by atoms with Crippen molar-refractivity contribution >= 4 is 23.6 Å². The molecule has 26 heavy (non-hydrogen) atoms. The van der Waals surface area contributed by atoms with E-state index in [1.165, 1.54) is 13.2 Å². The number of rotatable bonds is 6. The lowest BCUT2D eigenvalue weighted by molar-refractivity contribution is -0.134. The number of benzene rings is 2. The summed E-state index contributed by atoms with van der Waals surface area (Å²) in [7, 11) is 2.88. The first kappa shape index (κ1) is 17.9. The van der Waals surface area contributed by atoms with Gasteiger partial charge in [-0.3, -0.25) is 0 Å². The normalized spacial score (nSPS) is 12.3. The van der Waals surface area contributed by atoms with E-state index in [4.69, 9.17) is 30.5 Å². The maximum atomic E-state index is 11.2. The lowest BCUT2D eigenvalue weighted by atomic mass is 10.2. The molecule has 1 aliphatic heterocycles. The Morgan fingerprint density at radius 2 is 2.04 bits per heavy atom. The van der Waals surface area contributed by atoms with Crippen LogP contribution in [0.2, 0.25) is 5.02 Å². The van der Waals surface area contributed by atoms with Gasteiger partial charge in [-0.2, -0.15) is 0 Å². The number of halogens is 1. The first-order valence-electron chi connectivity index (χ1n) is 7.75. The Balaban J connectivity index is 1.73. The summed E-state index contributed by atoms with van der Waals surface area (Å²) in [5.74, 6) is 1.84. The molecule has 0 aromatic heterocycles. The molecule has 0 unspecified atom stereocenters. The summed E-state index contributed by atoms with van der Waals surface area (Å²) in [6.07, 6.45) is 2.97. The number of carbonyl (C=O) groups is 1. The van der Waals surface area contributed by atoms with Crippen molar-refractivity contribution in [2.45, 2.75) is 6.61 Å². The maximum absolute atomic E-state index is 11.2. The summed E-state index contributed by atoms with van der Waals surface area (Å²) in [6.45, 7) is 0.442. The first-order valence-corrected chi connectivity index (χ1v) is 8.13. The molecule has 1 heterocycles. The molecule has 0 aliphatic carbocycles. The summed E-state index contributed by atoms with van der Waals surface area (Å²) in [5, 5.41) is 0.480. The van der Waals surface area contributed by atoms with Crippen molar-refractivity contribution in [2.24, 2.45) is 0 Å². The van der Waals surface area contributed by atoms with E-state index in [9.17, 15) is 4.79 Å². The van der Waals surface area contributed by atoms with E-state index in [1.807, 2.05) is 12.1 Å². The first-order chi connectivity index (χ1) is 12.6. The number of methoxy groups -OCH3 is 2. The molecule has 7 heteroatoms. The van der Waals surface area contributed by atoms with Gasteiger partial charge in [-0.05, 0) is 41.5 Å². The molecule has 136 valence electrons. The zero-order valence-electron chi connectivity index (χ0n) is 14.3. The molecule has 0 saturated carbocycles. The van der Waals surface area contributed by atoms with Crippen molar-refractivity contribution < 1.29 is 28.5 Å². The highest BCUT2D eigenvalue weighted by Gasteiger charge is 2.18. The van der Waals surface area contributed by atoms with Gasteiger partial charge >= 0.3 is 5.97 Å². The van der Waals surface area contributed by atoms with E-state index in [-0.39, 0.29) is 13.4 Å². The average Bonchev–Trinajstić information content (AvgIpc) is 3.13. The van der Waals surface area contributed by atoms with Gasteiger partial charge in [0.2, 0.25) is 6.79 Å². The SMILES string of the molecule is COC(=O)C=Cc1ccc(OCc2cc(Cl)c3c(c2)OCO3)c(OC)c1. The number of carbonyl (C=O) groups excluding carboxylic acids is 1. The van der Waals surface area contributed by atoms with E-state index in [1.54, 1.807) is 31.4 Å². The second-order valence-corrected chi connectivity index (χ2v) is 5.77. The van der Waals surface area contributed by atoms with Crippen LogP contribution in [0.25, 0.3) is 6.08 Å². The van der Waals surface area contributed by atoms with Crippen molar-refractivity contribution in [2.75, 3.05) is 21.0 Å². The zero-order chi connectivity index (χ0) is 18.5. The number of esters is 1. The van der Waals surface area contributed by atoms with Gasteiger partial charge in [-0.15, -0.1) is 0 Å². The molecule has 3 rings (SSSR count). The van der Waals surface area contributed by atoms with Crippen LogP contribution in [0.4, 0.5) is 0 Å². The second kappa shape index (κ2) is 8.01. The van der Waals surface area contributed by atoms with Crippen LogP contribution in [0.1, 0.15) is 11.1 Å². The van der Waals surface area contributed by atoms with Gasteiger partial charge in [0.15, 0.2) is 23.0 Å². The van der Waals surface area contributed by atoms with Crippen LogP contribution in [-0.4, -0.2) is 27.0 Å². The van der Waals surface area contributed by atoms with E-state index < -0.39 is 5.97 Å². The Kier molecular flexibility index (Phi) is 5.53. The highest BCUT2D eigenvalue weighted by Crippen LogP contribution is 2.40. The summed E-state index contributed by atoms with van der Waals surface area (Å²) in [6, 6.07) is 8.94. The molecule has 6 nitrogen and oxygen atoms in total. The van der Waals surface area contributed by atoms with Crippen LogP contribution in [0.3, 0.4) is 0 Å². The van der Waals surface area contributed by atoms with Crippen LogP contribution in [0, 0.1) is 0 Å². The summed E-state index contributed by atoms with van der Waals surface area (Å²) in [5.41, 5.74) is 1.63. The Labute approximate surface area is 155 Å². The maximum Gasteiger partial charge on any atom is 0.330 e. The molecule has 0 saturated heterocycles. The third kappa shape index (κ3) is 4.03. The molecule has 0 radical (unpaired) electrons. The predicted molar refractivity (Wildman–Crippen MR) is 96.0 cm³/mol. The largest absolute Gasteiger partial charge is 0.493 e. The predicted octanol–water partition coefficient (Wildman–Crippen LogP) is 3.84. The highest BCUT2D eigenvalue weighted by atomic mass is 35.5. The van der Waals surface area contributed by atoms with Gasteiger partial charge in [-0.25, -0.2) is 4.79 Å². The smallest absolute Gasteiger partial charge is 0.330 e. The van der Waals surface area contributed by atoms with Gasteiger partial charge in [0.05, 0.1) is 19.2 Å². The minimum absolute atomic E-state index is 0.160. The topological polar surface area (TPSA) is 63.2 Å². The molecule has 0 amide bonds. The standard InChI is InChI=1S/C19H17ClO6/c1-22-16-8-12(4-6-18(21)23-2)3-5-15(16)24-10-13-7-14(20)19-17(9-13)25-11-26-19/h3-9H,10-11H2,1-2H3. The van der Waals surface area contributed by atoms with Crippen LogP contribution >= 0.6 is 11.6 Å². The minimum Gasteiger partial charge on any atom is -0.493 e. The Hall–Kier alpha value is -2.86. The fourth-order valence-corrected chi connectivity index (χ4v) is 2.69. The molecule has 0 bridgehead atoms. The summed E-state index contributed by atoms with van der Waals surface area (Å²) < 4.78 is 26.4. The van der Waals surface area contributed by atoms with Crippen molar-refractivity contribution in [3.05, 3.63) is 52.6 Å². The molecule has 0 fully saturated rings. The van der Waals surface area contributed by atoms with E-state index in [0.717, 1.165) is 11.1 Å². The number of ether oxygens (including phenoxy) is 5. The average molecular weight is 377 g/mol. The molecule has 2 aromatic carbocycles. The minimum atomic E-state index is -0.427. The van der Waals surface area contributed by atoms with Crippen LogP contribution in [0.5, 0.6) is 23.0 Å². The third-order valence-corrected chi connectivity index (χ3v) is 3.96. The van der Waals surface area contributed by atoms with E-state index in [2.05, 4.69) is 4.74 Å². The Bertz CT molecular complexity index is 846. The van der Waals surface area contributed by atoms with Gasteiger partial charge < -0.3 is 23.7 Å². The zero-order valence-corrected chi connectivity index (χ0v) is 15.0. The second-order valence-electron chi connectivity index (χ2n) is 5.37. The number of fused-ring (bicyclic) bond motifs is 1. The third-order valence-electron chi connectivity index (χ3n) is 3.68. The fraction of sp³-hybridized carbons (Fsp3) is 0.211. The molecule has 1 aliphatic rings. The number of hydrogen-bond acceptors (Lipinski definition) is 6. The van der Waals surface area contributed by atoms with Crippen LogP contribution in [0.15, 0.2) is 36.4 Å². The molecular weight excluding hydrogens is 360 g/mol. The highest BCUT2D eigenvalue weighted by molar-refractivity contribution is 6.32. The molecule has 0 atom stereocenters. The van der Waals surface area contributed by atoms with Crippen molar-refractivity contribution in [3.8, 4) is 23.0 Å². The van der Waals surface area contributed by atoms with Crippen molar-refractivity contribution in [3.63, 3.8) is 0 Å². The van der Waals surface area contributed by atoms with Gasteiger partial charge in [0, 0.05) is 6.08 Å². The van der Waals surface area contributed by atoms with Crippen LogP contribution in [-0.2, 0) is 16.1 Å². The molecule has 0 N–H and O–H groups in total. The van der Waals surface area contributed by atoms with E-state index >= 15 is 0 Å². The summed E-state index contributed by atoms with van der Waals surface area (Å²) >= 11 is 6.18. The van der Waals surface area contributed by atoms with E-state index in [0.29, 0.717) is 28.0 Å². The van der Waals surface area contributed by atoms with Crippen molar-refractivity contribution in [1.29, 1.82) is 0 Å². The van der Waals surface area contributed by atoms with Crippen molar-refractivity contribution in [1.82, 2.24) is 0 Å². The monoisotopic (exact) mass is 376 g/mol. The molecule has 2 aromatic rings. The lowest BCUT2D eigenvalue weighted by Gasteiger charge is -2.12. The van der Waals surface area contributed by atoms with Gasteiger partial charge in [0.1, 0.15) is 6.61 Å². The van der Waals surface area contributed by atoms with Crippen LogP contribution < -0.4 is 18.9 Å². The Morgan fingerprint density at radius 1 is 1.19 bits per heavy atom. The van der Waals surface area contributed by atoms with Gasteiger partial charge in [0.25, 0.3) is 0 Å². The Morgan fingerprint density at radius 3 is 2.81 bits per heavy atom. The summed E-state index contributed by atoms with van der Waals surface area (Å²) in [4.78, 5) is 11.2. The molecule has 0 spiro atoms. The molecular formula is C19H17ClO6.